The molecule has 0 aliphatic rings. The Morgan fingerprint density at radius 3 is 2.57 bits per heavy atom. The third kappa shape index (κ3) is 7.67. The van der Waals surface area contributed by atoms with Gasteiger partial charge in [0.2, 0.25) is 5.91 Å². The Labute approximate surface area is 87.5 Å². The Balaban J connectivity index is 3.32. The molecule has 0 bridgehead atoms. The van der Waals surface area contributed by atoms with Gasteiger partial charge in [-0.1, -0.05) is 38.5 Å². The second-order valence-electron chi connectivity index (χ2n) is 3.62. The normalized spacial score (nSPS) is 11.8. The van der Waals surface area contributed by atoms with Gasteiger partial charge in [-0.3, -0.25) is 4.79 Å². The molecule has 0 aromatic rings. The number of hydrogen-bond acceptors (Lipinski definition) is 1. The number of rotatable bonds is 7. The number of amides is 1. The topological polar surface area (TPSA) is 29.1 Å². The van der Waals surface area contributed by atoms with Crippen LogP contribution in [0.25, 0.3) is 0 Å². The summed E-state index contributed by atoms with van der Waals surface area (Å²) in [6.45, 7) is 4.00. The molecule has 1 atom stereocenters. The Morgan fingerprint density at radius 1 is 1.36 bits per heavy atom. The van der Waals surface area contributed by atoms with E-state index in [0.29, 0.717) is 6.42 Å². The lowest BCUT2D eigenvalue weighted by molar-refractivity contribution is -0.121. The summed E-state index contributed by atoms with van der Waals surface area (Å²) in [6, 6.07) is -0.141. The van der Waals surface area contributed by atoms with Crippen molar-refractivity contribution in [3.8, 4) is 12.3 Å². The van der Waals surface area contributed by atoms with Crippen LogP contribution in [-0.2, 0) is 4.79 Å². The summed E-state index contributed by atoms with van der Waals surface area (Å²) >= 11 is 0. The summed E-state index contributed by atoms with van der Waals surface area (Å²) in [7, 11) is 0. The second-order valence-corrected chi connectivity index (χ2v) is 3.62. The number of carbonyl (C=O) groups excluding carboxylic acids is 1. The maximum atomic E-state index is 11.2. The van der Waals surface area contributed by atoms with Crippen LogP contribution in [0.2, 0.25) is 0 Å². The highest BCUT2D eigenvalue weighted by Gasteiger charge is 2.03. The van der Waals surface area contributed by atoms with Gasteiger partial charge in [-0.25, -0.2) is 0 Å². The van der Waals surface area contributed by atoms with Crippen molar-refractivity contribution in [3.05, 3.63) is 0 Å². The van der Waals surface area contributed by atoms with Gasteiger partial charge in [0.05, 0.1) is 6.04 Å². The zero-order chi connectivity index (χ0) is 10.8. The Bertz CT molecular complexity index is 193. The number of hydrogen-bond donors (Lipinski definition) is 1. The van der Waals surface area contributed by atoms with E-state index in [4.69, 9.17) is 6.42 Å². The van der Waals surface area contributed by atoms with Crippen LogP contribution in [-0.4, -0.2) is 11.9 Å². The number of unbranched alkanes of at least 4 members (excludes halogenated alkanes) is 4. The molecular weight excluding hydrogens is 174 g/mol. The Morgan fingerprint density at radius 2 is 2.00 bits per heavy atom. The minimum absolute atomic E-state index is 0.0759. The predicted octanol–water partition coefficient (Wildman–Crippen LogP) is 2.48. The molecule has 0 radical (unpaired) electrons. The molecule has 0 spiro atoms. The van der Waals surface area contributed by atoms with Crippen molar-refractivity contribution >= 4 is 5.91 Å². The lowest BCUT2D eigenvalue weighted by Gasteiger charge is -2.06. The highest BCUT2D eigenvalue weighted by atomic mass is 16.1. The zero-order valence-electron chi connectivity index (χ0n) is 9.31. The van der Waals surface area contributed by atoms with E-state index < -0.39 is 0 Å². The first-order valence-electron chi connectivity index (χ1n) is 5.46. The molecule has 0 fully saturated rings. The summed E-state index contributed by atoms with van der Waals surface area (Å²) in [5.41, 5.74) is 0. The first kappa shape index (κ1) is 13.0. The summed E-state index contributed by atoms with van der Waals surface area (Å²) in [5.74, 6) is 2.55. The maximum absolute atomic E-state index is 11.2. The summed E-state index contributed by atoms with van der Waals surface area (Å²) in [4.78, 5) is 11.2. The fourth-order valence-corrected chi connectivity index (χ4v) is 1.24. The predicted molar refractivity (Wildman–Crippen MR) is 59.8 cm³/mol. The molecule has 0 saturated carbocycles. The maximum Gasteiger partial charge on any atom is 0.220 e. The van der Waals surface area contributed by atoms with Crippen LogP contribution in [0, 0.1) is 12.3 Å². The summed E-state index contributed by atoms with van der Waals surface area (Å²) in [6.07, 6.45) is 11.6. The zero-order valence-corrected chi connectivity index (χ0v) is 9.31. The average Bonchev–Trinajstić information content (AvgIpc) is 2.17. The molecule has 0 rings (SSSR count). The fourth-order valence-electron chi connectivity index (χ4n) is 1.24. The molecule has 80 valence electrons. The molecule has 1 N–H and O–H groups in total. The van der Waals surface area contributed by atoms with Gasteiger partial charge in [0.25, 0.3) is 0 Å². The SMILES string of the molecule is C#CC(C)NC(=O)CCCCCCC. The average molecular weight is 195 g/mol. The van der Waals surface area contributed by atoms with Gasteiger partial charge in [0.15, 0.2) is 0 Å². The summed E-state index contributed by atoms with van der Waals surface area (Å²) < 4.78 is 0. The van der Waals surface area contributed by atoms with Crippen molar-refractivity contribution in [2.75, 3.05) is 0 Å². The minimum atomic E-state index is -0.141. The highest BCUT2D eigenvalue weighted by molar-refractivity contribution is 5.76. The van der Waals surface area contributed by atoms with Gasteiger partial charge < -0.3 is 5.32 Å². The molecule has 2 nitrogen and oxygen atoms in total. The van der Waals surface area contributed by atoms with Crippen LogP contribution < -0.4 is 5.32 Å². The standard InChI is InChI=1S/C12H21NO/c1-4-6-7-8-9-10-12(14)13-11(3)5-2/h2,11H,4,6-10H2,1,3H3,(H,13,14). The number of carbonyl (C=O) groups is 1. The van der Waals surface area contributed by atoms with Gasteiger partial charge >= 0.3 is 0 Å². The van der Waals surface area contributed by atoms with Gasteiger partial charge in [-0.2, -0.15) is 0 Å². The quantitative estimate of drug-likeness (QED) is 0.491. The smallest absolute Gasteiger partial charge is 0.220 e. The van der Waals surface area contributed by atoms with Crippen LogP contribution in [0.15, 0.2) is 0 Å². The molecule has 1 unspecified atom stereocenters. The molecule has 14 heavy (non-hydrogen) atoms. The van der Waals surface area contributed by atoms with Gasteiger partial charge in [0.1, 0.15) is 0 Å². The molecular formula is C12H21NO. The van der Waals surface area contributed by atoms with Crippen molar-refractivity contribution < 1.29 is 4.79 Å². The van der Waals surface area contributed by atoms with Crippen molar-refractivity contribution in [3.63, 3.8) is 0 Å². The second kappa shape index (κ2) is 8.62. The van der Waals surface area contributed by atoms with E-state index in [9.17, 15) is 4.79 Å². The van der Waals surface area contributed by atoms with Crippen LogP contribution >= 0.6 is 0 Å². The molecule has 2 heteroatoms. The first-order valence-corrected chi connectivity index (χ1v) is 5.46. The summed E-state index contributed by atoms with van der Waals surface area (Å²) in [5, 5.41) is 2.75. The van der Waals surface area contributed by atoms with Gasteiger partial charge in [-0.05, 0) is 13.3 Å². The van der Waals surface area contributed by atoms with E-state index in [-0.39, 0.29) is 11.9 Å². The minimum Gasteiger partial charge on any atom is -0.343 e. The molecule has 0 heterocycles. The van der Waals surface area contributed by atoms with Gasteiger partial charge in [-0.15, -0.1) is 6.42 Å². The first-order chi connectivity index (χ1) is 6.70. The lowest BCUT2D eigenvalue weighted by atomic mass is 10.1. The fraction of sp³-hybridized carbons (Fsp3) is 0.750. The van der Waals surface area contributed by atoms with E-state index in [0.717, 1.165) is 12.8 Å². The molecule has 0 aromatic carbocycles. The van der Waals surface area contributed by atoms with Crippen molar-refractivity contribution in [1.29, 1.82) is 0 Å². The van der Waals surface area contributed by atoms with E-state index >= 15 is 0 Å². The van der Waals surface area contributed by atoms with Crippen molar-refractivity contribution in [2.24, 2.45) is 0 Å². The molecule has 0 aliphatic heterocycles. The van der Waals surface area contributed by atoms with Crippen molar-refractivity contribution in [2.45, 2.75) is 58.4 Å². The third-order valence-electron chi connectivity index (χ3n) is 2.13. The van der Waals surface area contributed by atoms with E-state index in [1.165, 1.54) is 19.3 Å². The lowest BCUT2D eigenvalue weighted by Crippen LogP contribution is -2.30. The largest absolute Gasteiger partial charge is 0.343 e. The van der Waals surface area contributed by atoms with Gasteiger partial charge in [0, 0.05) is 6.42 Å². The van der Waals surface area contributed by atoms with E-state index in [1.54, 1.807) is 0 Å². The Kier molecular flexibility index (Phi) is 8.02. The van der Waals surface area contributed by atoms with E-state index in [1.807, 2.05) is 6.92 Å². The number of terminal acetylenes is 1. The molecule has 0 aliphatic carbocycles. The van der Waals surface area contributed by atoms with Crippen LogP contribution in [0.5, 0.6) is 0 Å². The van der Waals surface area contributed by atoms with Crippen LogP contribution in [0.1, 0.15) is 52.4 Å². The molecule has 0 saturated heterocycles. The molecule has 1 amide bonds. The van der Waals surface area contributed by atoms with Crippen LogP contribution in [0.4, 0.5) is 0 Å². The number of nitrogens with one attached hydrogen (secondary N) is 1. The molecule has 0 aromatic heterocycles. The van der Waals surface area contributed by atoms with Crippen LogP contribution in [0.3, 0.4) is 0 Å². The third-order valence-corrected chi connectivity index (χ3v) is 2.13. The van der Waals surface area contributed by atoms with E-state index in [2.05, 4.69) is 18.2 Å². The van der Waals surface area contributed by atoms with Crippen molar-refractivity contribution in [1.82, 2.24) is 5.32 Å². The highest BCUT2D eigenvalue weighted by Crippen LogP contribution is 2.04. The Hall–Kier alpha value is -0.970. The monoisotopic (exact) mass is 195 g/mol.